The molecular formula is C29H41N5O8. The number of benzene rings is 1. The van der Waals surface area contributed by atoms with E-state index in [1.54, 1.807) is 33.8 Å². The first-order valence-corrected chi connectivity index (χ1v) is 13.6. The van der Waals surface area contributed by atoms with Crippen LogP contribution < -0.4 is 21.3 Å². The zero-order valence-corrected chi connectivity index (χ0v) is 24.8. The first-order valence-electron chi connectivity index (χ1n) is 13.6. The first-order chi connectivity index (χ1) is 19.7. The van der Waals surface area contributed by atoms with Crippen molar-refractivity contribution in [3.05, 3.63) is 48.0 Å². The van der Waals surface area contributed by atoms with Gasteiger partial charge in [0, 0.05) is 6.54 Å². The molecular weight excluding hydrogens is 546 g/mol. The van der Waals surface area contributed by atoms with Gasteiger partial charge in [-0.25, -0.2) is 4.79 Å². The molecule has 0 saturated carbocycles. The van der Waals surface area contributed by atoms with Gasteiger partial charge in [-0.15, -0.1) is 0 Å². The molecule has 1 aromatic carbocycles. The minimum atomic E-state index is -1.41. The summed E-state index contributed by atoms with van der Waals surface area (Å²) >= 11 is 0. The maximum absolute atomic E-state index is 13.8. The van der Waals surface area contributed by atoms with Gasteiger partial charge in [0.15, 0.2) is 0 Å². The number of methoxy groups -OCH3 is 1. The average Bonchev–Trinajstić information content (AvgIpc) is 3.01. The molecule has 1 aromatic rings. The number of carbonyl (C=O) groups is 6. The summed E-state index contributed by atoms with van der Waals surface area (Å²) in [4.78, 5) is 77.2. The number of ether oxygens (including phenoxy) is 2. The van der Waals surface area contributed by atoms with Crippen molar-refractivity contribution >= 4 is 35.7 Å². The third-order valence-electron chi connectivity index (χ3n) is 6.39. The summed E-state index contributed by atoms with van der Waals surface area (Å²) < 4.78 is 9.70. The van der Waals surface area contributed by atoms with E-state index in [4.69, 9.17) is 4.74 Å². The van der Waals surface area contributed by atoms with Crippen molar-refractivity contribution in [2.75, 3.05) is 26.7 Å². The molecule has 0 saturated heterocycles. The van der Waals surface area contributed by atoms with Crippen LogP contribution in [0.4, 0.5) is 4.79 Å². The van der Waals surface area contributed by atoms with Gasteiger partial charge in [0.25, 0.3) is 0 Å². The Hall–Kier alpha value is -4.42. The Morgan fingerprint density at radius 1 is 1.00 bits per heavy atom. The molecule has 230 valence electrons. The van der Waals surface area contributed by atoms with Gasteiger partial charge in [-0.2, -0.15) is 0 Å². The number of hydrogen-bond acceptors (Lipinski definition) is 8. The summed E-state index contributed by atoms with van der Waals surface area (Å²) in [5, 5.41) is 9.97. The smallest absolute Gasteiger partial charge is 0.408 e. The van der Waals surface area contributed by atoms with Crippen molar-refractivity contribution in [2.45, 2.75) is 70.7 Å². The Kier molecular flexibility index (Phi) is 12.5. The Bertz CT molecular complexity index is 1160. The van der Waals surface area contributed by atoms with Crippen LogP contribution in [-0.4, -0.2) is 84.5 Å². The lowest BCUT2D eigenvalue weighted by atomic mass is 9.91. The number of hydrogen-bond donors (Lipinski definition) is 4. The minimum absolute atomic E-state index is 0.0700. The summed E-state index contributed by atoms with van der Waals surface area (Å²) in [7, 11) is 1.18. The molecule has 2 atom stereocenters. The second-order valence-electron chi connectivity index (χ2n) is 10.9. The van der Waals surface area contributed by atoms with Crippen LogP contribution in [0.5, 0.6) is 0 Å². The number of nitrogens with zero attached hydrogens (tertiary/aromatic N) is 1. The Labute approximate surface area is 245 Å². The van der Waals surface area contributed by atoms with Crippen LogP contribution in [0.3, 0.4) is 0 Å². The highest BCUT2D eigenvalue weighted by atomic mass is 16.6. The summed E-state index contributed by atoms with van der Waals surface area (Å²) in [6.45, 7) is 5.62. The number of alkyl carbamates (subject to hydrolysis) is 1. The van der Waals surface area contributed by atoms with E-state index >= 15 is 0 Å². The monoisotopic (exact) mass is 587 g/mol. The number of amides is 5. The van der Waals surface area contributed by atoms with Gasteiger partial charge in [0.2, 0.25) is 23.6 Å². The molecule has 13 nitrogen and oxygen atoms in total. The molecule has 0 aliphatic carbocycles. The highest BCUT2D eigenvalue weighted by Crippen LogP contribution is 2.26. The van der Waals surface area contributed by atoms with Gasteiger partial charge >= 0.3 is 12.1 Å². The largest absolute Gasteiger partial charge is 0.468 e. The molecule has 1 heterocycles. The maximum atomic E-state index is 13.8. The molecule has 5 amide bonds. The van der Waals surface area contributed by atoms with E-state index in [1.165, 1.54) is 12.0 Å². The number of esters is 1. The van der Waals surface area contributed by atoms with Crippen molar-refractivity contribution in [2.24, 2.45) is 0 Å². The highest BCUT2D eigenvalue weighted by molar-refractivity contribution is 5.96. The summed E-state index contributed by atoms with van der Waals surface area (Å²) in [6.07, 6.45) is 3.64. The first kappa shape index (κ1) is 33.8. The fourth-order valence-electron chi connectivity index (χ4n) is 4.09. The molecule has 0 radical (unpaired) electrons. The zero-order valence-electron chi connectivity index (χ0n) is 24.8. The van der Waals surface area contributed by atoms with Crippen molar-refractivity contribution in [3.63, 3.8) is 0 Å². The number of rotatable bonds is 10. The predicted molar refractivity (Wildman–Crippen MR) is 153 cm³/mol. The number of allylic oxidation sites excluding steroid dienone is 1. The lowest BCUT2D eigenvalue weighted by molar-refractivity contribution is -0.148. The van der Waals surface area contributed by atoms with Gasteiger partial charge in [0.05, 0.1) is 13.7 Å². The van der Waals surface area contributed by atoms with E-state index in [0.717, 1.165) is 5.56 Å². The standard InChI is InChI=1S/C29H41N5O8/c1-28(2,3)42-27(40)32-17-23(36)34(19-20-12-8-6-9-13-20)29(4)15-11-7-10-14-21(33-26(29)39)25(38)31-16-22(35)30-18-24(37)41-5/h6-10,12-13,21H,11,14-19H2,1-5H3,(H,30,35)(H,31,38)(H,32,40)(H,33,39)/b10-7-/t21-,29-/m1/s1. The van der Waals surface area contributed by atoms with E-state index in [9.17, 15) is 28.8 Å². The van der Waals surface area contributed by atoms with Gasteiger partial charge in [-0.1, -0.05) is 42.5 Å². The molecule has 0 spiro atoms. The van der Waals surface area contributed by atoms with Crippen molar-refractivity contribution in [1.29, 1.82) is 0 Å². The maximum Gasteiger partial charge on any atom is 0.408 e. The molecule has 1 aliphatic rings. The minimum Gasteiger partial charge on any atom is -0.468 e. The van der Waals surface area contributed by atoms with Crippen LogP contribution in [0, 0.1) is 0 Å². The van der Waals surface area contributed by atoms with Gasteiger partial charge in [0.1, 0.15) is 30.3 Å². The molecule has 0 fully saturated rings. The Morgan fingerprint density at radius 3 is 2.33 bits per heavy atom. The van der Waals surface area contributed by atoms with Crippen LogP contribution >= 0.6 is 0 Å². The highest BCUT2D eigenvalue weighted by Gasteiger charge is 2.43. The third-order valence-corrected chi connectivity index (χ3v) is 6.39. The molecule has 0 bridgehead atoms. The van der Waals surface area contributed by atoms with Crippen LogP contribution in [0.15, 0.2) is 42.5 Å². The summed E-state index contributed by atoms with van der Waals surface area (Å²) in [5.74, 6) is -2.95. The van der Waals surface area contributed by atoms with Crippen LogP contribution in [0.25, 0.3) is 0 Å². The van der Waals surface area contributed by atoms with Gasteiger partial charge < -0.3 is 35.6 Å². The van der Waals surface area contributed by atoms with E-state index in [-0.39, 0.29) is 25.9 Å². The fourth-order valence-corrected chi connectivity index (χ4v) is 4.09. The molecule has 4 N–H and O–H groups in total. The number of nitrogens with one attached hydrogen (secondary N) is 4. The topological polar surface area (TPSA) is 172 Å². The van der Waals surface area contributed by atoms with E-state index in [1.807, 2.05) is 36.4 Å². The molecule has 0 unspecified atom stereocenters. The normalized spacial score (nSPS) is 19.5. The number of carbonyl (C=O) groups excluding carboxylic acids is 6. The van der Waals surface area contributed by atoms with Crippen molar-refractivity contribution in [3.8, 4) is 0 Å². The van der Waals surface area contributed by atoms with Crippen LogP contribution in [0.1, 0.15) is 52.5 Å². The summed E-state index contributed by atoms with van der Waals surface area (Å²) in [5.41, 5.74) is -1.40. The van der Waals surface area contributed by atoms with E-state index in [0.29, 0.717) is 6.42 Å². The molecule has 42 heavy (non-hydrogen) atoms. The predicted octanol–water partition coefficient (Wildman–Crippen LogP) is 0.929. The Balaban J connectivity index is 2.23. The fraction of sp³-hybridized carbons (Fsp3) is 0.517. The third kappa shape index (κ3) is 10.9. The Morgan fingerprint density at radius 2 is 1.69 bits per heavy atom. The zero-order chi connectivity index (χ0) is 31.3. The second-order valence-corrected chi connectivity index (χ2v) is 10.9. The van der Waals surface area contributed by atoms with Crippen LogP contribution in [-0.2, 0) is 40.0 Å². The lowest BCUT2D eigenvalue weighted by Gasteiger charge is -2.41. The lowest BCUT2D eigenvalue weighted by Crippen LogP contribution is -2.62. The molecule has 2 rings (SSSR count). The van der Waals surface area contributed by atoms with E-state index in [2.05, 4.69) is 26.0 Å². The summed E-state index contributed by atoms with van der Waals surface area (Å²) in [6, 6.07) is 8.06. The van der Waals surface area contributed by atoms with E-state index < -0.39 is 66.0 Å². The quantitative estimate of drug-likeness (QED) is 0.231. The average molecular weight is 588 g/mol. The van der Waals surface area contributed by atoms with Crippen molar-refractivity contribution < 1.29 is 38.2 Å². The van der Waals surface area contributed by atoms with Gasteiger partial charge in [-0.05, 0) is 52.5 Å². The molecule has 0 aromatic heterocycles. The van der Waals surface area contributed by atoms with Gasteiger partial charge in [-0.3, -0.25) is 24.0 Å². The van der Waals surface area contributed by atoms with Crippen LogP contribution in [0.2, 0.25) is 0 Å². The SMILES string of the molecule is COC(=O)CNC(=O)CNC(=O)[C@H]1C/C=C\CC[C@@](C)(N(Cc2ccccc2)C(=O)CNC(=O)OC(C)(C)C)C(=O)N1. The van der Waals surface area contributed by atoms with Crippen molar-refractivity contribution in [1.82, 2.24) is 26.2 Å². The second kappa shape index (κ2) is 15.5. The molecule has 1 aliphatic heterocycles. The molecule has 13 heteroatoms.